The minimum Gasteiger partial charge on any atom is -0.386 e. The van der Waals surface area contributed by atoms with Crippen LogP contribution >= 0.6 is 11.6 Å². The molecule has 2 N–H and O–H groups in total. The number of carbonyl (C=O) groups is 1. The summed E-state index contributed by atoms with van der Waals surface area (Å²) in [5.74, 6) is -0.194. The van der Waals surface area contributed by atoms with Crippen LogP contribution in [0.4, 0.5) is 0 Å². The first-order chi connectivity index (χ1) is 11.5. The predicted octanol–water partition coefficient (Wildman–Crippen LogP) is 3.19. The molecule has 0 aliphatic carbocycles. The van der Waals surface area contributed by atoms with Gasteiger partial charge in [0.1, 0.15) is 0 Å². The van der Waals surface area contributed by atoms with Crippen LogP contribution in [0.5, 0.6) is 0 Å². The Hall–Kier alpha value is -2.35. The van der Waals surface area contributed by atoms with Gasteiger partial charge in [-0.1, -0.05) is 48.0 Å². The molecule has 0 bridgehead atoms. The summed E-state index contributed by atoms with van der Waals surface area (Å²) >= 11 is 5.84. The number of nitrogens with one attached hydrogen (secondary N) is 1. The van der Waals surface area contributed by atoms with E-state index in [9.17, 15) is 9.90 Å². The normalized spacial score (nSPS) is 12.9. The molecule has 0 saturated carbocycles. The van der Waals surface area contributed by atoms with E-state index >= 15 is 0 Å². The van der Waals surface area contributed by atoms with E-state index < -0.39 is 12.1 Å². The highest BCUT2D eigenvalue weighted by Crippen LogP contribution is 2.19. The first-order valence-electron chi connectivity index (χ1n) is 7.68. The third-order valence-electron chi connectivity index (χ3n) is 3.81. The van der Waals surface area contributed by atoms with E-state index in [-0.39, 0.29) is 18.7 Å². The third-order valence-corrected chi connectivity index (χ3v) is 4.06. The molecule has 2 unspecified atom stereocenters. The number of carbonyl (C=O) groups excluding carboxylic acids is 1. The topological polar surface area (TPSA) is 73.1 Å². The smallest absolute Gasteiger partial charge is 0.224 e. The number of nitriles is 1. The maximum absolute atomic E-state index is 12.2. The van der Waals surface area contributed by atoms with Gasteiger partial charge in [-0.2, -0.15) is 5.26 Å². The summed E-state index contributed by atoms with van der Waals surface area (Å²) in [6, 6.07) is 15.9. The fourth-order valence-corrected chi connectivity index (χ4v) is 2.62. The van der Waals surface area contributed by atoms with Gasteiger partial charge in [0.2, 0.25) is 5.91 Å². The van der Waals surface area contributed by atoms with Crippen molar-refractivity contribution in [2.45, 2.75) is 31.9 Å². The van der Waals surface area contributed by atoms with E-state index in [0.717, 1.165) is 11.1 Å². The Labute approximate surface area is 146 Å². The van der Waals surface area contributed by atoms with E-state index in [1.807, 2.05) is 24.3 Å². The Balaban J connectivity index is 1.99. The van der Waals surface area contributed by atoms with Gasteiger partial charge < -0.3 is 10.4 Å². The molecule has 2 rings (SSSR count). The largest absolute Gasteiger partial charge is 0.386 e. The van der Waals surface area contributed by atoms with Crippen molar-refractivity contribution in [2.24, 2.45) is 0 Å². The van der Waals surface area contributed by atoms with Crippen LogP contribution in [0.3, 0.4) is 0 Å². The summed E-state index contributed by atoms with van der Waals surface area (Å²) in [6.45, 7) is 1.75. The van der Waals surface area contributed by atoms with E-state index in [4.69, 9.17) is 16.9 Å². The molecular weight excluding hydrogens is 324 g/mol. The van der Waals surface area contributed by atoms with Gasteiger partial charge >= 0.3 is 0 Å². The van der Waals surface area contributed by atoms with Crippen LogP contribution in [0.15, 0.2) is 48.5 Å². The lowest BCUT2D eigenvalue weighted by Crippen LogP contribution is -2.38. The minimum atomic E-state index is -0.819. The molecule has 2 atom stereocenters. The molecule has 0 aliphatic rings. The molecule has 2 aromatic carbocycles. The van der Waals surface area contributed by atoms with Crippen molar-refractivity contribution in [3.63, 3.8) is 0 Å². The molecule has 0 aliphatic heterocycles. The zero-order valence-corrected chi connectivity index (χ0v) is 14.1. The van der Waals surface area contributed by atoms with Crippen molar-refractivity contribution >= 4 is 17.5 Å². The van der Waals surface area contributed by atoms with E-state index in [1.165, 1.54) is 0 Å². The Kier molecular flexibility index (Phi) is 6.36. The molecule has 0 saturated heterocycles. The van der Waals surface area contributed by atoms with Crippen molar-refractivity contribution in [3.8, 4) is 6.07 Å². The number of hydrogen-bond acceptors (Lipinski definition) is 3. The Morgan fingerprint density at radius 3 is 2.46 bits per heavy atom. The molecule has 5 heteroatoms. The highest BCUT2D eigenvalue weighted by molar-refractivity contribution is 6.30. The van der Waals surface area contributed by atoms with Crippen molar-refractivity contribution in [1.82, 2.24) is 5.32 Å². The second-order valence-electron chi connectivity index (χ2n) is 5.63. The molecule has 1 amide bonds. The van der Waals surface area contributed by atoms with Gasteiger partial charge in [-0.05, 0) is 35.7 Å². The van der Waals surface area contributed by atoms with Crippen LogP contribution in [-0.2, 0) is 17.6 Å². The van der Waals surface area contributed by atoms with Crippen molar-refractivity contribution in [2.75, 3.05) is 0 Å². The second kappa shape index (κ2) is 8.49. The maximum Gasteiger partial charge on any atom is 0.224 e. The summed E-state index contributed by atoms with van der Waals surface area (Å²) in [4.78, 5) is 12.2. The molecule has 0 radical (unpaired) electrons. The lowest BCUT2D eigenvalue weighted by Gasteiger charge is -2.21. The number of halogens is 1. The summed E-state index contributed by atoms with van der Waals surface area (Å²) in [6.07, 6.45) is -0.373. The Morgan fingerprint density at radius 2 is 1.83 bits per heavy atom. The molecule has 124 valence electrons. The maximum atomic E-state index is 12.2. The predicted molar refractivity (Wildman–Crippen MR) is 93.5 cm³/mol. The number of nitrogens with zero attached hydrogens (tertiary/aromatic N) is 1. The van der Waals surface area contributed by atoms with E-state index in [1.54, 1.807) is 31.2 Å². The number of rotatable bonds is 6. The fourth-order valence-electron chi connectivity index (χ4n) is 2.49. The van der Waals surface area contributed by atoms with Crippen molar-refractivity contribution in [1.29, 1.82) is 5.26 Å². The molecule has 0 fully saturated rings. The summed E-state index contributed by atoms with van der Waals surface area (Å²) in [7, 11) is 0. The van der Waals surface area contributed by atoms with Gasteiger partial charge in [-0.25, -0.2) is 0 Å². The minimum absolute atomic E-state index is 0.176. The highest BCUT2D eigenvalue weighted by atomic mass is 35.5. The van der Waals surface area contributed by atoms with Crippen LogP contribution in [0.1, 0.15) is 29.7 Å². The second-order valence-corrected chi connectivity index (χ2v) is 6.07. The number of aliphatic hydroxyl groups excluding tert-OH is 1. The number of hydrogen-bond donors (Lipinski definition) is 2. The van der Waals surface area contributed by atoms with E-state index in [2.05, 4.69) is 11.4 Å². The molecule has 0 aromatic heterocycles. The molecule has 4 nitrogen and oxygen atoms in total. The zero-order valence-electron chi connectivity index (χ0n) is 13.4. The SMILES string of the molecule is CC(NC(=O)Cc1ccccc1CC#N)C(O)c1ccc(Cl)cc1. The van der Waals surface area contributed by atoms with Gasteiger partial charge in [0.25, 0.3) is 0 Å². The standard InChI is InChI=1S/C19H19ClN2O2/c1-13(19(24)15-6-8-17(20)9-7-15)22-18(23)12-16-5-3-2-4-14(16)10-11-21/h2-9,13,19,24H,10,12H2,1H3,(H,22,23). The first-order valence-corrected chi connectivity index (χ1v) is 8.05. The lowest BCUT2D eigenvalue weighted by molar-refractivity contribution is -0.121. The van der Waals surface area contributed by atoms with Gasteiger partial charge in [0.15, 0.2) is 0 Å². The van der Waals surface area contributed by atoms with Crippen LogP contribution in [-0.4, -0.2) is 17.1 Å². The van der Waals surface area contributed by atoms with Crippen LogP contribution in [0, 0.1) is 11.3 Å². The molecular formula is C19H19ClN2O2. The lowest BCUT2D eigenvalue weighted by atomic mass is 10.0. The van der Waals surface area contributed by atoms with Crippen molar-refractivity contribution < 1.29 is 9.90 Å². The highest BCUT2D eigenvalue weighted by Gasteiger charge is 2.19. The number of benzene rings is 2. The summed E-state index contributed by atoms with van der Waals surface area (Å²) < 4.78 is 0. The van der Waals surface area contributed by atoms with Gasteiger partial charge in [0, 0.05) is 5.02 Å². The Morgan fingerprint density at radius 1 is 1.21 bits per heavy atom. The number of aliphatic hydroxyl groups is 1. The van der Waals surface area contributed by atoms with Gasteiger partial charge in [0.05, 0.1) is 31.1 Å². The number of amides is 1. The Bertz CT molecular complexity index is 738. The molecule has 0 heterocycles. The van der Waals surface area contributed by atoms with Gasteiger partial charge in [-0.3, -0.25) is 4.79 Å². The summed E-state index contributed by atoms with van der Waals surface area (Å²) in [5.41, 5.74) is 2.36. The van der Waals surface area contributed by atoms with Crippen LogP contribution in [0.25, 0.3) is 0 Å². The average Bonchev–Trinajstić information content (AvgIpc) is 2.57. The van der Waals surface area contributed by atoms with E-state index in [0.29, 0.717) is 10.6 Å². The average molecular weight is 343 g/mol. The van der Waals surface area contributed by atoms with Gasteiger partial charge in [-0.15, -0.1) is 0 Å². The molecule has 0 spiro atoms. The summed E-state index contributed by atoms with van der Waals surface area (Å²) in [5, 5.41) is 22.6. The van der Waals surface area contributed by atoms with Crippen LogP contribution in [0.2, 0.25) is 5.02 Å². The fraction of sp³-hybridized carbons (Fsp3) is 0.263. The molecule has 24 heavy (non-hydrogen) atoms. The third kappa shape index (κ3) is 4.82. The van der Waals surface area contributed by atoms with Crippen molar-refractivity contribution in [3.05, 3.63) is 70.2 Å². The zero-order chi connectivity index (χ0) is 17.5. The monoisotopic (exact) mass is 342 g/mol. The quantitative estimate of drug-likeness (QED) is 0.846. The van der Waals surface area contributed by atoms with Crippen LogP contribution < -0.4 is 5.32 Å². The molecule has 2 aromatic rings. The first kappa shape index (κ1) is 18.0.